The second-order valence-electron chi connectivity index (χ2n) is 6.58. The number of hydrogen-bond donors (Lipinski definition) is 4. The molecule has 2 aliphatic heterocycles. The first-order valence-electron chi connectivity index (χ1n) is 8.60. The zero-order valence-corrected chi connectivity index (χ0v) is 15.2. The second kappa shape index (κ2) is 9.51. The van der Waals surface area contributed by atoms with Gasteiger partial charge < -0.3 is 25.2 Å². The number of carbonyl (C=O) groups excluding carboxylic acids is 1. The molecule has 26 heavy (non-hydrogen) atoms. The molecule has 0 saturated carbocycles. The zero-order valence-electron chi connectivity index (χ0n) is 15.2. The van der Waals surface area contributed by atoms with Crippen molar-refractivity contribution in [1.82, 2.24) is 25.3 Å². The molecular formula is C16H27N5O5. The average Bonchev–Trinajstić information content (AvgIpc) is 3.18. The number of piperazine rings is 1. The highest BCUT2D eigenvalue weighted by Crippen LogP contribution is 2.15. The number of nitrogens with zero attached hydrogens (tertiary/aromatic N) is 2. The van der Waals surface area contributed by atoms with Crippen molar-refractivity contribution in [2.45, 2.75) is 25.4 Å². The Morgan fingerprint density at radius 1 is 1.31 bits per heavy atom. The summed E-state index contributed by atoms with van der Waals surface area (Å²) in [4.78, 5) is 37.0. The highest BCUT2D eigenvalue weighted by atomic mass is 16.5. The topological polar surface area (TPSA) is 131 Å². The summed E-state index contributed by atoms with van der Waals surface area (Å²) >= 11 is 0. The number of hydrogen-bond acceptors (Lipinski definition) is 6. The number of ether oxygens (including phenoxy) is 1. The van der Waals surface area contributed by atoms with Crippen molar-refractivity contribution in [1.29, 1.82) is 0 Å². The molecular weight excluding hydrogens is 342 g/mol. The minimum absolute atomic E-state index is 0.00997. The van der Waals surface area contributed by atoms with Gasteiger partial charge in [-0.05, 0) is 14.0 Å². The number of carboxylic acid groups (broad SMARTS) is 1. The van der Waals surface area contributed by atoms with Gasteiger partial charge in [-0.25, -0.2) is 0 Å². The smallest absolute Gasteiger partial charge is 0.290 e. The number of aromatic nitrogens is 2. The monoisotopic (exact) mass is 369 g/mol. The number of rotatable bonds is 4. The molecule has 0 aliphatic carbocycles. The number of likely N-dealkylation sites (N-methyl/N-ethyl adjacent to an activating group) is 1. The van der Waals surface area contributed by atoms with Crippen LogP contribution in [0.25, 0.3) is 0 Å². The maximum atomic E-state index is 12.3. The van der Waals surface area contributed by atoms with E-state index < -0.39 is 0 Å². The van der Waals surface area contributed by atoms with Crippen LogP contribution >= 0.6 is 0 Å². The molecule has 0 unspecified atom stereocenters. The summed E-state index contributed by atoms with van der Waals surface area (Å²) in [5, 5.41) is 15.2. The van der Waals surface area contributed by atoms with E-state index in [0.29, 0.717) is 24.5 Å². The Morgan fingerprint density at radius 2 is 1.96 bits per heavy atom. The number of H-pyrrole nitrogens is 2. The van der Waals surface area contributed by atoms with Crippen LogP contribution in [0.4, 0.5) is 0 Å². The maximum Gasteiger partial charge on any atom is 0.290 e. The largest absolute Gasteiger partial charge is 0.483 e. The van der Waals surface area contributed by atoms with E-state index >= 15 is 0 Å². The van der Waals surface area contributed by atoms with E-state index in [0.717, 1.165) is 26.2 Å². The molecule has 1 aromatic rings. The third kappa shape index (κ3) is 5.16. The number of amides is 1. The lowest BCUT2D eigenvalue weighted by atomic mass is 10.1. The van der Waals surface area contributed by atoms with Gasteiger partial charge in [0.1, 0.15) is 0 Å². The van der Waals surface area contributed by atoms with Crippen LogP contribution in [0.3, 0.4) is 0 Å². The first kappa shape index (κ1) is 20.1. The molecule has 0 radical (unpaired) electrons. The van der Waals surface area contributed by atoms with Gasteiger partial charge in [0.15, 0.2) is 0 Å². The molecule has 3 heterocycles. The summed E-state index contributed by atoms with van der Waals surface area (Å²) < 4.78 is 5.59. The van der Waals surface area contributed by atoms with E-state index in [9.17, 15) is 9.59 Å². The van der Waals surface area contributed by atoms with Crippen molar-refractivity contribution in [2.24, 2.45) is 0 Å². The summed E-state index contributed by atoms with van der Waals surface area (Å²) in [6.45, 7) is 6.78. The number of aromatic amines is 2. The SMILES string of the molecule is Cc1[nH][nH]c(=O)c1CC(=O)N[C@H]1COC[C@@H]1N1CCN(C)CC1.O=CO. The predicted molar refractivity (Wildman–Crippen MR) is 94.2 cm³/mol. The minimum Gasteiger partial charge on any atom is -0.483 e. The Morgan fingerprint density at radius 3 is 2.54 bits per heavy atom. The van der Waals surface area contributed by atoms with Crippen molar-refractivity contribution in [3.63, 3.8) is 0 Å². The van der Waals surface area contributed by atoms with Gasteiger partial charge in [-0.15, -0.1) is 0 Å². The fourth-order valence-corrected chi connectivity index (χ4v) is 3.30. The van der Waals surface area contributed by atoms with E-state index in [1.165, 1.54) is 0 Å². The third-order valence-corrected chi connectivity index (χ3v) is 4.83. The number of nitrogens with one attached hydrogen (secondary N) is 3. The van der Waals surface area contributed by atoms with E-state index in [2.05, 4.69) is 32.4 Å². The lowest BCUT2D eigenvalue weighted by molar-refractivity contribution is -0.123. The van der Waals surface area contributed by atoms with Crippen LogP contribution in [0, 0.1) is 6.92 Å². The molecule has 1 aromatic heterocycles. The molecule has 0 aromatic carbocycles. The predicted octanol–water partition coefficient (Wildman–Crippen LogP) is -1.61. The normalized spacial score (nSPS) is 23.9. The van der Waals surface area contributed by atoms with Crippen LogP contribution in [-0.4, -0.2) is 96.0 Å². The van der Waals surface area contributed by atoms with Crippen LogP contribution in [0.5, 0.6) is 0 Å². The summed E-state index contributed by atoms with van der Waals surface area (Å²) in [5.41, 5.74) is 0.983. The second-order valence-corrected chi connectivity index (χ2v) is 6.58. The van der Waals surface area contributed by atoms with E-state index in [-0.39, 0.29) is 36.4 Å². The summed E-state index contributed by atoms with van der Waals surface area (Å²) in [7, 11) is 2.12. The first-order chi connectivity index (χ1) is 12.5. The molecule has 10 nitrogen and oxygen atoms in total. The Labute approximate surface area is 151 Å². The fourth-order valence-electron chi connectivity index (χ4n) is 3.30. The van der Waals surface area contributed by atoms with Gasteiger partial charge in [0, 0.05) is 37.4 Å². The van der Waals surface area contributed by atoms with Crippen LogP contribution < -0.4 is 10.9 Å². The highest BCUT2D eigenvalue weighted by Gasteiger charge is 2.35. The molecule has 146 valence electrons. The van der Waals surface area contributed by atoms with Crippen LogP contribution in [0.1, 0.15) is 11.3 Å². The van der Waals surface area contributed by atoms with Crippen molar-refractivity contribution < 1.29 is 19.4 Å². The van der Waals surface area contributed by atoms with Crippen LogP contribution in [-0.2, 0) is 20.7 Å². The van der Waals surface area contributed by atoms with Gasteiger partial charge in [-0.2, -0.15) is 0 Å². The van der Waals surface area contributed by atoms with E-state index in [1.54, 1.807) is 6.92 Å². The Bertz CT molecular complexity index is 650. The highest BCUT2D eigenvalue weighted by molar-refractivity contribution is 5.79. The molecule has 0 spiro atoms. The van der Waals surface area contributed by atoms with E-state index in [4.69, 9.17) is 14.6 Å². The molecule has 2 saturated heterocycles. The molecule has 2 fully saturated rings. The van der Waals surface area contributed by atoms with Gasteiger partial charge in [0.2, 0.25) is 5.91 Å². The molecule has 10 heteroatoms. The summed E-state index contributed by atoms with van der Waals surface area (Å²) in [6, 6.07) is 0.211. The molecule has 1 amide bonds. The quantitative estimate of drug-likeness (QED) is 0.470. The Hall–Kier alpha value is -2.17. The number of carbonyl (C=O) groups is 2. The van der Waals surface area contributed by atoms with Crippen molar-refractivity contribution >= 4 is 12.4 Å². The molecule has 4 N–H and O–H groups in total. The maximum absolute atomic E-state index is 12.3. The third-order valence-electron chi connectivity index (χ3n) is 4.83. The lowest BCUT2D eigenvalue weighted by Crippen LogP contribution is -2.56. The van der Waals surface area contributed by atoms with Gasteiger partial charge >= 0.3 is 0 Å². The van der Waals surface area contributed by atoms with Gasteiger partial charge in [0.25, 0.3) is 12.0 Å². The van der Waals surface area contributed by atoms with Gasteiger partial charge in [0.05, 0.1) is 31.7 Å². The molecule has 0 bridgehead atoms. The minimum atomic E-state index is -0.250. The Balaban J connectivity index is 0.000000758. The summed E-state index contributed by atoms with van der Waals surface area (Å²) in [5.74, 6) is -0.132. The lowest BCUT2D eigenvalue weighted by Gasteiger charge is -2.38. The first-order valence-corrected chi connectivity index (χ1v) is 8.60. The van der Waals surface area contributed by atoms with E-state index in [1.807, 2.05) is 0 Å². The molecule has 2 atom stereocenters. The fraction of sp³-hybridized carbons (Fsp3) is 0.688. The average molecular weight is 369 g/mol. The van der Waals surface area contributed by atoms with Crippen molar-refractivity contribution in [2.75, 3.05) is 46.4 Å². The van der Waals surface area contributed by atoms with Crippen molar-refractivity contribution in [3.05, 3.63) is 21.6 Å². The van der Waals surface area contributed by atoms with Crippen LogP contribution in [0.2, 0.25) is 0 Å². The van der Waals surface area contributed by atoms with Gasteiger partial charge in [-0.3, -0.25) is 24.4 Å². The van der Waals surface area contributed by atoms with Gasteiger partial charge in [-0.1, -0.05) is 0 Å². The molecule has 2 aliphatic rings. The standard InChI is InChI=1S/C15H25N5O3.CH2O2/c1-10-11(15(22)18-17-10)7-14(21)16-12-8-23-9-13(12)20-5-3-19(2)4-6-20;2-1-3/h12-13H,3-9H2,1-2H3,(H,16,21)(H2,17,18,22);1H,(H,2,3)/t12-,13-;/m0./s1. The summed E-state index contributed by atoms with van der Waals surface area (Å²) in [6.07, 6.45) is 0.0939. The van der Waals surface area contributed by atoms with Crippen LogP contribution in [0.15, 0.2) is 4.79 Å². The Kier molecular flexibility index (Phi) is 7.37. The molecule has 3 rings (SSSR count). The zero-order chi connectivity index (χ0) is 19.1. The number of aryl methyl sites for hydroxylation is 1. The van der Waals surface area contributed by atoms with Crippen molar-refractivity contribution in [3.8, 4) is 0 Å².